The molecule has 2 unspecified atom stereocenters. The summed E-state index contributed by atoms with van der Waals surface area (Å²) in [4.78, 5) is 5.20. The van der Waals surface area contributed by atoms with Crippen LogP contribution in [0.2, 0.25) is 0 Å². The average molecular weight is 225 g/mol. The number of rotatable bonds is 3. The number of aliphatic hydroxyl groups is 1. The maximum Gasteiger partial charge on any atom is 0.0680 e. The van der Waals surface area contributed by atoms with Crippen LogP contribution in [0.3, 0.4) is 0 Å². The molecule has 2 aliphatic heterocycles. The lowest BCUT2D eigenvalue weighted by molar-refractivity contribution is 0.117. The molecule has 4 nitrogen and oxygen atoms in total. The van der Waals surface area contributed by atoms with Gasteiger partial charge in [-0.15, -0.1) is 0 Å². The molecule has 2 N–H and O–H groups in total. The Hall–Kier alpha value is -0.160. The monoisotopic (exact) mass is 225 g/mol. The van der Waals surface area contributed by atoms with E-state index >= 15 is 0 Å². The molecule has 2 heterocycles. The minimum Gasteiger partial charge on any atom is -0.392 e. The number of nitrogens with one attached hydrogen (secondary N) is 1. The van der Waals surface area contributed by atoms with Crippen LogP contribution in [0.15, 0.2) is 0 Å². The summed E-state index contributed by atoms with van der Waals surface area (Å²) in [5.74, 6) is 0. The highest BCUT2D eigenvalue weighted by Gasteiger charge is 2.32. The van der Waals surface area contributed by atoms with Crippen LogP contribution in [-0.2, 0) is 0 Å². The number of hydrogen-bond acceptors (Lipinski definition) is 4. The molecule has 0 aromatic rings. The lowest BCUT2D eigenvalue weighted by Gasteiger charge is -2.36. The van der Waals surface area contributed by atoms with Crippen molar-refractivity contribution in [2.24, 2.45) is 0 Å². The Bertz CT molecular complexity index is 236. The summed E-state index contributed by atoms with van der Waals surface area (Å²) in [6.45, 7) is 6.83. The molecule has 1 saturated carbocycles. The van der Waals surface area contributed by atoms with E-state index in [-0.39, 0.29) is 6.10 Å². The molecule has 0 amide bonds. The lowest BCUT2D eigenvalue weighted by atomic mass is 10.2. The van der Waals surface area contributed by atoms with Gasteiger partial charge in [0, 0.05) is 51.4 Å². The molecule has 92 valence electrons. The van der Waals surface area contributed by atoms with Gasteiger partial charge in [-0.3, -0.25) is 9.80 Å². The lowest BCUT2D eigenvalue weighted by Crippen LogP contribution is -2.50. The van der Waals surface area contributed by atoms with Crippen LogP contribution in [0, 0.1) is 0 Å². The van der Waals surface area contributed by atoms with Crippen LogP contribution >= 0.6 is 0 Å². The molecule has 3 rings (SSSR count). The van der Waals surface area contributed by atoms with E-state index in [0.29, 0.717) is 6.04 Å². The van der Waals surface area contributed by atoms with E-state index in [2.05, 4.69) is 15.1 Å². The minimum atomic E-state index is -0.113. The van der Waals surface area contributed by atoms with Gasteiger partial charge in [-0.05, 0) is 19.3 Å². The molecule has 3 aliphatic rings. The Morgan fingerprint density at radius 1 is 1.12 bits per heavy atom. The van der Waals surface area contributed by atoms with Gasteiger partial charge >= 0.3 is 0 Å². The quantitative estimate of drug-likeness (QED) is 0.678. The van der Waals surface area contributed by atoms with Crippen molar-refractivity contribution in [2.75, 3.05) is 39.3 Å². The number of hydrogen-bond donors (Lipinski definition) is 2. The summed E-state index contributed by atoms with van der Waals surface area (Å²) >= 11 is 0. The van der Waals surface area contributed by atoms with E-state index in [0.717, 1.165) is 25.6 Å². The van der Waals surface area contributed by atoms with Gasteiger partial charge in [0.05, 0.1) is 6.10 Å². The molecule has 0 spiro atoms. The highest BCUT2D eigenvalue weighted by molar-refractivity contribution is 4.89. The predicted octanol–water partition coefficient (Wildman–Crippen LogP) is -0.511. The number of β-amino-alcohol motifs (C(OH)–C–C–N with tert-alkyl or cyclic N) is 1. The highest BCUT2D eigenvalue weighted by Crippen LogP contribution is 2.27. The largest absolute Gasteiger partial charge is 0.392 e. The first-order valence-corrected chi connectivity index (χ1v) is 6.69. The maximum atomic E-state index is 9.46. The second-order valence-corrected chi connectivity index (χ2v) is 5.56. The van der Waals surface area contributed by atoms with E-state index < -0.39 is 0 Å². The molecule has 2 saturated heterocycles. The molecule has 4 heteroatoms. The smallest absolute Gasteiger partial charge is 0.0680 e. The van der Waals surface area contributed by atoms with Gasteiger partial charge in [0.15, 0.2) is 0 Å². The summed E-state index contributed by atoms with van der Waals surface area (Å²) in [5, 5.41) is 12.9. The molecule has 0 aromatic carbocycles. The molecule has 0 bridgehead atoms. The molecule has 0 aromatic heterocycles. The zero-order chi connectivity index (χ0) is 11.0. The van der Waals surface area contributed by atoms with Gasteiger partial charge in [-0.1, -0.05) is 0 Å². The summed E-state index contributed by atoms with van der Waals surface area (Å²) in [6, 6.07) is 1.44. The van der Waals surface area contributed by atoms with Crippen LogP contribution in [-0.4, -0.2) is 72.4 Å². The van der Waals surface area contributed by atoms with Gasteiger partial charge in [-0.25, -0.2) is 0 Å². The Balaban J connectivity index is 1.40. The van der Waals surface area contributed by atoms with Crippen LogP contribution in [0.4, 0.5) is 0 Å². The Kier molecular flexibility index (Phi) is 3.16. The molecule has 16 heavy (non-hydrogen) atoms. The first-order valence-electron chi connectivity index (χ1n) is 6.69. The van der Waals surface area contributed by atoms with Gasteiger partial charge in [0.1, 0.15) is 0 Å². The number of aliphatic hydroxyl groups excluding tert-OH is 1. The van der Waals surface area contributed by atoms with Gasteiger partial charge in [0.25, 0.3) is 0 Å². The Morgan fingerprint density at radius 2 is 1.88 bits per heavy atom. The van der Waals surface area contributed by atoms with Gasteiger partial charge < -0.3 is 10.4 Å². The summed E-state index contributed by atoms with van der Waals surface area (Å²) in [7, 11) is 0. The third-order valence-corrected chi connectivity index (χ3v) is 4.15. The van der Waals surface area contributed by atoms with Crippen LogP contribution < -0.4 is 5.32 Å². The van der Waals surface area contributed by atoms with Crippen molar-refractivity contribution < 1.29 is 5.11 Å². The fourth-order valence-corrected chi connectivity index (χ4v) is 3.00. The van der Waals surface area contributed by atoms with Gasteiger partial charge in [-0.2, -0.15) is 0 Å². The number of piperazine rings is 1. The number of nitrogens with zero attached hydrogens (tertiary/aromatic N) is 2. The highest BCUT2D eigenvalue weighted by atomic mass is 16.3. The van der Waals surface area contributed by atoms with Crippen LogP contribution in [0.5, 0.6) is 0 Å². The third-order valence-electron chi connectivity index (χ3n) is 4.15. The zero-order valence-corrected chi connectivity index (χ0v) is 9.94. The van der Waals surface area contributed by atoms with E-state index in [9.17, 15) is 5.11 Å². The van der Waals surface area contributed by atoms with E-state index in [1.807, 2.05) is 0 Å². The first-order chi connectivity index (χ1) is 7.81. The average Bonchev–Trinajstić information content (AvgIpc) is 3.05. The predicted molar refractivity (Wildman–Crippen MR) is 63.4 cm³/mol. The van der Waals surface area contributed by atoms with E-state index in [1.165, 1.54) is 39.0 Å². The van der Waals surface area contributed by atoms with E-state index in [1.54, 1.807) is 0 Å². The molecule has 3 fully saturated rings. The normalized spacial score (nSPS) is 38.1. The minimum absolute atomic E-state index is 0.113. The van der Waals surface area contributed by atoms with Crippen molar-refractivity contribution in [3.8, 4) is 0 Å². The third kappa shape index (κ3) is 2.56. The standard InChI is InChI=1S/C12H23N3O/c16-12-7-10(13-8-12)9-14-3-5-15(6-4-14)11-1-2-11/h10-13,16H,1-9H2. The summed E-state index contributed by atoms with van der Waals surface area (Å²) < 4.78 is 0. The first kappa shape index (κ1) is 11.0. The SMILES string of the molecule is OC1CNC(CN2CCN(C3CC3)CC2)C1. The zero-order valence-electron chi connectivity index (χ0n) is 9.94. The van der Waals surface area contributed by atoms with Gasteiger partial charge in [0.2, 0.25) is 0 Å². The van der Waals surface area contributed by atoms with E-state index in [4.69, 9.17) is 0 Å². The molecule has 0 radical (unpaired) electrons. The van der Waals surface area contributed by atoms with Crippen molar-refractivity contribution >= 4 is 0 Å². The van der Waals surface area contributed by atoms with Crippen molar-refractivity contribution in [1.82, 2.24) is 15.1 Å². The molecule has 2 atom stereocenters. The molecular weight excluding hydrogens is 202 g/mol. The van der Waals surface area contributed by atoms with Crippen molar-refractivity contribution in [1.29, 1.82) is 0 Å². The van der Waals surface area contributed by atoms with Crippen molar-refractivity contribution in [3.05, 3.63) is 0 Å². The summed E-state index contributed by atoms with van der Waals surface area (Å²) in [5.41, 5.74) is 0. The fourth-order valence-electron chi connectivity index (χ4n) is 3.00. The van der Waals surface area contributed by atoms with Crippen LogP contribution in [0.25, 0.3) is 0 Å². The molecular formula is C12H23N3O. The second kappa shape index (κ2) is 4.61. The van der Waals surface area contributed by atoms with Crippen molar-refractivity contribution in [3.63, 3.8) is 0 Å². The topological polar surface area (TPSA) is 38.7 Å². The Labute approximate surface area is 97.6 Å². The second-order valence-electron chi connectivity index (χ2n) is 5.56. The van der Waals surface area contributed by atoms with Crippen LogP contribution in [0.1, 0.15) is 19.3 Å². The molecule has 1 aliphatic carbocycles. The van der Waals surface area contributed by atoms with Crippen molar-refractivity contribution in [2.45, 2.75) is 37.5 Å². The summed E-state index contributed by atoms with van der Waals surface area (Å²) in [6.07, 6.45) is 3.67. The fraction of sp³-hybridized carbons (Fsp3) is 1.00. The maximum absolute atomic E-state index is 9.46. The Morgan fingerprint density at radius 3 is 2.44 bits per heavy atom.